The van der Waals surface area contributed by atoms with E-state index in [0.29, 0.717) is 119 Å². The molecule has 0 aromatic carbocycles. The lowest BCUT2D eigenvalue weighted by atomic mass is 9.85. The standard InChI is InChI=1S/C40H75N3O5.C35H67N3O4.3CH4/c1-30(2)19-9-12-24-37(45)41-27-17-15-22-34(40(48)33(7)8)29-36(44)35(43-39(47)26-14-11-21-32(5)6)23-16-18-28-42-38(46)25-13-10-20-31(3)4;1-26(2)17-9-11-21-33(40)37-24-16-14-20-31(38-34(41)22-12-10-18-27(3)4)32(39)25-30(35(42)28(5)6)19-13-15-23-36-29(7)8;;;/h30-35H,9-29H2,1-8H3,(H,41,45)(H,42,46)(H,43,47);26-31,36H,9-25H2,1-8H3,(H,37,40)(H,38,41);3*1H4. The van der Waals surface area contributed by atoms with Gasteiger partial charge in [-0.3, -0.25) is 43.2 Å². The smallest absolute Gasteiger partial charge is 0.220 e. The molecule has 0 fully saturated rings. The Hall–Kier alpha value is -4.01. The van der Waals surface area contributed by atoms with Crippen LogP contribution in [0.1, 0.15) is 351 Å². The van der Waals surface area contributed by atoms with Crippen LogP contribution in [0, 0.1) is 53.3 Å². The maximum atomic E-state index is 13.7. The summed E-state index contributed by atoms with van der Waals surface area (Å²) >= 11 is 0. The van der Waals surface area contributed by atoms with Gasteiger partial charge in [0.25, 0.3) is 0 Å². The highest BCUT2D eigenvalue weighted by molar-refractivity contribution is 5.94. The highest BCUT2D eigenvalue weighted by atomic mass is 16.2. The maximum absolute atomic E-state index is 13.7. The highest BCUT2D eigenvalue weighted by Crippen LogP contribution is 2.23. The molecule has 0 heterocycles. The van der Waals surface area contributed by atoms with E-state index in [1.807, 2.05) is 27.7 Å². The Morgan fingerprint density at radius 2 is 0.505 bits per heavy atom. The molecule has 0 saturated carbocycles. The molecule has 0 aliphatic rings. The average molecular weight is 1320 g/mol. The predicted molar refractivity (Wildman–Crippen MR) is 394 cm³/mol. The first-order chi connectivity index (χ1) is 42.5. The molecule has 6 N–H and O–H groups in total. The Bertz CT molecular complexity index is 1920. The molecule has 0 aliphatic heterocycles. The first kappa shape index (κ1) is 97.7. The lowest BCUT2D eigenvalue weighted by molar-refractivity contribution is -0.132. The molecule has 93 heavy (non-hydrogen) atoms. The van der Waals surface area contributed by atoms with E-state index in [2.05, 4.69) is 115 Å². The summed E-state index contributed by atoms with van der Waals surface area (Å²) in [6.07, 6.45) is 26.3. The number of hydrogen-bond acceptors (Lipinski definition) is 10. The number of carbonyl (C=O) groups is 9. The number of Topliss-reactive ketones (excluding diaryl/α,β-unsaturated/α-hetero) is 4. The van der Waals surface area contributed by atoms with Gasteiger partial charge in [0, 0.05) is 94.3 Å². The van der Waals surface area contributed by atoms with Gasteiger partial charge in [-0.2, -0.15) is 0 Å². The van der Waals surface area contributed by atoms with Crippen LogP contribution in [0.3, 0.4) is 0 Å². The Morgan fingerprint density at radius 1 is 0.269 bits per heavy atom. The Labute approximate surface area is 574 Å². The van der Waals surface area contributed by atoms with E-state index in [1.165, 1.54) is 0 Å². The maximum Gasteiger partial charge on any atom is 0.220 e. The van der Waals surface area contributed by atoms with Crippen LogP contribution in [0.2, 0.25) is 0 Å². The number of unbranched alkanes of at least 4 members (excludes halogenated alkanes) is 9. The summed E-state index contributed by atoms with van der Waals surface area (Å²) in [5.74, 6) is 2.26. The highest BCUT2D eigenvalue weighted by Gasteiger charge is 2.30. The SMILES string of the molecule is C.C.C.CC(C)CCCCC(=O)NCCCCC(CC(=O)C(CCCCNC(=O)CCCCC(C)C)NC(=O)CCCCC(C)C)C(=O)C(C)C.CC(C)CCCCC(=O)NCCCCC(NC(=O)CCCCC(C)C)C(=O)CC(CCCCNC(C)C)C(=O)C(C)C. The summed E-state index contributed by atoms with van der Waals surface area (Å²) in [6.45, 7) is 36.2. The monoisotopic (exact) mass is 1320 g/mol. The van der Waals surface area contributed by atoms with E-state index in [1.54, 1.807) is 0 Å². The van der Waals surface area contributed by atoms with Gasteiger partial charge >= 0.3 is 0 Å². The van der Waals surface area contributed by atoms with Gasteiger partial charge in [0.2, 0.25) is 29.5 Å². The third-order valence-electron chi connectivity index (χ3n) is 16.8. The molecule has 0 aliphatic carbocycles. The predicted octanol–water partition coefficient (Wildman–Crippen LogP) is 17.6. The van der Waals surface area contributed by atoms with E-state index >= 15 is 0 Å². The molecule has 0 bridgehead atoms. The van der Waals surface area contributed by atoms with Crippen LogP contribution in [0.15, 0.2) is 0 Å². The molecular weight excluding hydrogens is 1160 g/mol. The van der Waals surface area contributed by atoms with Gasteiger partial charge in [-0.1, -0.05) is 210 Å². The van der Waals surface area contributed by atoms with Crippen molar-refractivity contribution >= 4 is 52.7 Å². The zero-order chi connectivity index (χ0) is 68.2. The number of amides is 5. The molecule has 0 aromatic heterocycles. The molecule has 4 unspecified atom stereocenters. The summed E-state index contributed by atoms with van der Waals surface area (Å²) < 4.78 is 0. The van der Waals surface area contributed by atoms with Gasteiger partial charge in [-0.25, -0.2) is 0 Å². The fourth-order valence-corrected chi connectivity index (χ4v) is 11.1. The van der Waals surface area contributed by atoms with Crippen LogP contribution in [0.4, 0.5) is 0 Å². The second-order valence-corrected chi connectivity index (χ2v) is 29.4. The zero-order valence-electron chi connectivity index (χ0n) is 61.0. The molecule has 0 aromatic rings. The van der Waals surface area contributed by atoms with Crippen molar-refractivity contribution in [2.45, 2.75) is 369 Å². The third kappa shape index (κ3) is 61.3. The van der Waals surface area contributed by atoms with Crippen molar-refractivity contribution in [3.63, 3.8) is 0 Å². The lowest BCUT2D eigenvalue weighted by Crippen LogP contribution is -2.42. The second-order valence-electron chi connectivity index (χ2n) is 29.4. The molecule has 0 saturated heterocycles. The lowest BCUT2D eigenvalue weighted by Gasteiger charge is -2.22. The van der Waals surface area contributed by atoms with Crippen LogP contribution in [-0.2, 0) is 43.2 Å². The van der Waals surface area contributed by atoms with Crippen molar-refractivity contribution in [3.05, 3.63) is 0 Å². The normalized spacial score (nSPS) is 12.6. The van der Waals surface area contributed by atoms with Crippen molar-refractivity contribution in [1.29, 1.82) is 0 Å². The molecule has 15 nitrogen and oxygen atoms in total. The third-order valence-corrected chi connectivity index (χ3v) is 16.8. The van der Waals surface area contributed by atoms with Gasteiger partial charge < -0.3 is 31.9 Å². The molecule has 0 radical (unpaired) electrons. The minimum atomic E-state index is -0.633. The number of hydrogen-bond donors (Lipinski definition) is 6. The molecule has 0 spiro atoms. The second kappa shape index (κ2) is 62.8. The van der Waals surface area contributed by atoms with Gasteiger partial charge in [0.15, 0.2) is 11.6 Å². The summed E-state index contributed by atoms with van der Waals surface area (Å²) in [6, 6.07) is -0.788. The van der Waals surface area contributed by atoms with Gasteiger partial charge in [0.1, 0.15) is 11.6 Å². The first-order valence-corrected chi connectivity index (χ1v) is 36.8. The van der Waals surface area contributed by atoms with Crippen molar-refractivity contribution in [2.24, 2.45) is 53.3 Å². The molecule has 0 rings (SSSR count). The van der Waals surface area contributed by atoms with Gasteiger partial charge in [-0.05, 0) is 132 Å². The minimum absolute atomic E-state index is 0. The van der Waals surface area contributed by atoms with Gasteiger partial charge in [0.05, 0.1) is 12.1 Å². The van der Waals surface area contributed by atoms with Crippen molar-refractivity contribution in [3.8, 4) is 0 Å². The zero-order valence-corrected chi connectivity index (χ0v) is 61.0. The largest absolute Gasteiger partial charge is 0.356 e. The Balaban J connectivity index is -0.000000542. The Morgan fingerprint density at radius 3 is 0.753 bits per heavy atom. The molecule has 5 amide bonds. The van der Waals surface area contributed by atoms with E-state index in [-0.39, 0.29) is 106 Å². The fraction of sp³-hybridized carbons (Fsp3) is 0.885. The van der Waals surface area contributed by atoms with Crippen LogP contribution in [0.5, 0.6) is 0 Å². The number of rotatable bonds is 58. The summed E-state index contributed by atoms with van der Waals surface area (Å²) in [5, 5.41) is 18.4. The Kier molecular flexibility index (Phi) is 65.9. The molecule has 550 valence electrons. The summed E-state index contributed by atoms with van der Waals surface area (Å²) in [5.41, 5.74) is 0. The number of carbonyl (C=O) groups excluding carboxylic acids is 9. The molecule has 4 atom stereocenters. The quantitative estimate of drug-likeness (QED) is 0.0316. The molecule has 15 heteroatoms. The average Bonchev–Trinajstić information content (AvgIpc) is 1.93. The minimum Gasteiger partial charge on any atom is -0.356 e. The molecular formula is C78H154N6O9. The fourth-order valence-electron chi connectivity index (χ4n) is 11.1. The number of nitrogens with one attached hydrogen (secondary N) is 6. The van der Waals surface area contributed by atoms with Crippen molar-refractivity contribution in [1.82, 2.24) is 31.9 Å². The first-order valence-electron chi connectivity index (χ1n) is 36.8. The number of ketones is 4. The van der Waals surface area contributed by atoms with Crippen LogP contribution in [-0.4, -0.2) is 97.0 Å². The van der Waals surface area contributed by atoms with Crippen molar-refractivity contribution in [2.75, 3.05) is 26.2 Å². The van der Waals surface area contributed by atoms with Crippen LogP contribution >= 0.6 is 0 Å². The van der Waals surface area contributed by atoms with Crippen LogP contribution in [0.25, 0.3) is 0 Å². The summed E-state index contributed by atoms with van der Waals surface area (Å²) in [4.78, 5) is 116. The van der Waals surface area contributed by atoms with E-state index in [4.69, 9.17) is 0 Å². The van der Waals surface area contributed by atoms with E-state index < -0.39 is 18.0 Å². The topological polar surface area (TPSA) is 226 Å². The summed E-state index contributed by atoms with van der Waals surface area (Å²) in [7, 11) is 0. The van der Waals surface area contributed by atoms with Crippen LogP contribution < -0.4 is 31.9 Å². The van der Waals surface area contributed by atoms with Crippen molar-refractivity contribution < 1.29 is 43.2 Å². The van der Waals surface area contributed by atoms with E-state index in [0.717, 1.165) is 148 Å². The van der Waals surface area contributed by atoms with Gasteiger partial charge in [-0.15, -0.1) is 0 Å². The van der Waals surface area contributed by atoms with E-state index in [9.17, 15) is 43.2 Å².